The fourth-order valence-corrected chi connectivity index (χ4v) is 2.81. The summed E-state index contributed by atoms with van der Waals surface area (Å²) in [5, 5.41) is 14.8. The third kappa shape index (κ3) is 5.43. The Bertz CT molecular complexity index is 945. The lowest BCUT2D eigenvalue weighted by atomic mass is 10.1. The highest BCUT2D eigenvalue weighted by atomic mass is 16.5. The predicted octanol–water partition coefficient (Wildman–Crippen LogP) is 3.63. The Morgan fingerprint density at radius 1 is 0.862 bits per heavy atom. The molecule has 0 saturated heterocycles. The first-order chi connectivity index (χ1) is 14.2. The molecular formula is C23H22N2O4. The molecule has 3 aromatic carbocycles. The molecule has 29 heavy (non-hydrogen) atoms. The van der Waals surface area contributed by atoms with Crippen LogP contribution in [-0.4, -0.2) is 30.1 Å². The summed E-state index contributed by atoms with van der Waals surface area (Å²) in [7, 11) is 0. The first-order valence-electron chi connectivity index (χ1n) is 9.24. The van der Waals surface area contributed by atoms with Crippen molar-refractivity contribution in [1.29, 1.82) is 0 Å². The van der Waals surface area contributed by atoms with E-state index in [1.807, 2.05) is 24.3 Å². The average Bonchev–Trinajstić information content (AvgIpc) is 2.77. The number of para-hydroxylation sites is 2. The highest BCUT2D eigenvalue weighted by Gasteiger charge is 2.26. The number of nitrogens with one attached hydrogen (secondary N) is 2. The van der Waals surface area contributed by atoms with Crippen LogP contribution >= 0.6 is 0 Å². The molecule has 0 aliphatic heterocycles. The smallest absolute Gasteiger partial charge is 0.341 e. The lowest BCUT2D eigenvalue weighted by molar-refractivity contribution is -0.125. The van der Waals surface area contributed by atoms with Crippen molar-refractivity contribution in [2.45, 2.75) is 6.10 Å². The number of ether oxygens (including phenoxy) is 1. The first kappa shape index (κ1) is 20.1. The summed E-state index contributed by atoms with van der Waals surface area (Å²) < 4.78 is 5.62. The molecule has 0 aliphatic carbocycles. The van der Waals surface area contributed by atoms with Gasteiger partial charge in [-0.3, -0.25) is 4.79 Å². The van der Waals surface area contributed by atoms with E-state index in [-0.39, 0.29) is 12.2 Å². The highest BCUT2D eigenvalue weighted by molar-refractivity contribution is 6.00. The Kier molecular flexibility index (Phi) is 6.97. The second kappa shape index (κ2) is 10.1. The van der Waals surface area contributed by atoms with E-state index in [2.05, 4.69) is 10.6 Å². The molecule has 0 fully saturated rings. The summed E-state index contributed by atoms with van der Waals surface area (Å²) >= 11 is 0. The predicted molar refractivity (Wildman–Crippen MR) is 112 cm³/mol. The van der Waals surface area contributed by atoms with E-state index >= 15 is 0 Å². The monoisotopic (exact) mass is 390 g/mol. The molecular weight excluding hydrogens is 368 g/mol. The molecule has 0 aromatic heterocycles. The van der Waals surface area contributed by atoms with Crippen molar-refractivity contribution in [2.24, 2.45) is 0 Å². The van der Waals surface area contributed by atoms with Crippen LogP contribution in [0.15, 0.2) is 84.9 Å². The molecule has 6 heteroatoms. The summed E-state index contributed by atoms with van der Waals surface area (Å²) in [5.74, 6) is -1.08. The Morgan fingerprint density at radius 2 is 1.48 bits per heavy atom. The molecule has 0 aliphatic rings. The lowest BCUT2D eigenvalue weighted by Gasteiger charge is -2.19. The molecule has 6 nitrogen and oxygen atoms in total. The molecule has 0 heterocycles. The number of hydrogen-bond donors (Lipinski definition) is 3. The van der Waals surface area contributed by atoms with Gasteiger partial charge in [0.05, 0.1) is 12.2 Å². The van der Waals surface area contributed by atoms with Gasteiger partial charge in [0.25, 0.3) is 5.91 Å². The largest absolute Gasteiger partial charge is 0.444 e. The minimum Gasteiger partial charge on any atom is -0.444 e. The molecule has 3 N–H and O–H groups in total. The Labute approximate surface area is 169 Å². The van der Waals surface area contributed by atoms with Crippen LogP contribution in [0.25, 0.3) is 0 Å². The number of carbonyl (C=O) groups excluding carboxylic acids is 2. The molecule has 0 radical (unpaired) electrons. The maximum absolute atomic E-state index is 12.9. The fourth-order valence-electron chi connectivity index (χ4n) is 2.81. The number of esters is 1. The number of carbonyl (C=O) groups is 2. The number of amides is 1. The average molecular weight is 390 g/mol. The summed E-state index contributed by atoms with van der Waals surface area (Å²) in [4.78, 5) is 25.8. The number of aliphatic hydroxyl groups is 1. The van der Waals surface area contributed by atoms with Crippen molar-refractivity contribution in [3.05, 3.63) is 96.1 Å². The van der Waals surface area contributed by atoms with Crippen molar-refractivity contribution in [1.82, 2.24) is 0 Å². The number of hydrogen-bond acceptors (Lipinski definition) is 5. The van der Waals surface area contributed by atoms with Crippen molar-refractivity contribution >= 4 is 23.3 Å². The van der Waals surface area contributed by atoms with Gasteiger partial charge in [-0.2, -0.15) is 0 Å². The van der Waals surface area contributed by atoms with Crippen LogP contribution in [0.4, 0.5) is 11.4 Å². The summed E-state index contributed by atoms with van der Waals surface area (Å²) in [6.07, 6.45) is -1.12. The van der Waals surface area contributed by atoms with Gasteiger partial charge in [-0.25, -0.2) is 4.79 Å². The number of rotatable bonds is 8. The van der Waals surface area contributed by atoms with Crippen LogP contribution in [0.5, 0.6) is 0 Å². The Morgan fingerprint density at radius 3 is 2.17 bits per heavy atom. The lowest BCUT2D eigenvalue weighted by Crippen LogP contribution is -2.26. The van der Waals surface area contributed by atoms with Gasteiger partial charge in [0.2, 0.25) is 6.10 Å². The molecule has 3 rings (SSSR count). The number of anilines is 2. The molecule has 3 aromatic rings. The van der Waals surface area contributed by atoms with E-state index in [9.17, 15) is 9.59 Å². The molecule has 1 atom stereocenters. The van der Waals surface area contributed by atoms with E-state index in [4.69, 9.17) is 9.84 Å². The minimum absolute atomic E-state index is 0.0739. The molecule has 148 valence electrons. The van der Waals surface area contributed by atoms with E-state index in [1.54, 1.807) is 60.7 Å². The van der Waals surface area contributed by atoms with Crippen LogP contribution in [0.1, 0.15) is 22.0 Å². The summed E-state index contributed by atoms with van der Waals surface area (Å²) in [6.45, 7) is 0.219. The standard InChI is InChI=1S/C23H22N2O4/c26-16-15-24-20-14-8-7-13-19(20)23(28)29-21(17-9-3-1-4-10-17)22(27)25-18-11-5-2-6-12-18/h1-14,21,24,26H,15-16H2,(H,25,27). The maximum atomic E-state index is 12.9. The number of aliphatic hydroxyl groups excluding tert-OH is 1. The quantitative estimate of drug-likeness (QED) is 0.511. The topological polar surface area (TPSA) is 87.7 Å². The second-order valence-electron chi connectivity index (χ2n) is 6.25. The van der Waals surface area contributed by atoms with Crippen LogP contribution in [0.2, 0.25) is 0 Å². The van der Waals surface area contributed by atoms with Gasteiger partial charge >= 0.3 is 5.97 Å². The van der Waals surface area contributed by atoms with E-state index in [0.29, 0.717) is 23.5 Å². The van der Waals surface area contributed by atoms with Crippen LogP contribution < -0.4 is 10.6 Å². The van der Waals surface area contributed by atoms with Gasteiger partial charge in [-0.1, -0.05) is 60.7 Å². The van der Waals surface area contributed by atoms with Gasteiger partial charge in [0.15, 0.2) is 0 Å². The third-order valence-corrected chi connectivity index (χ3v) is 4.18. The zero-order chi connectivity index (χ0) is 20.5. The van der Waals surface area contributed by atoms with Gasteiger partial charge in [-0.15, -0.1) is 0 Å². The normalized spacial score (nSPS) is 11.3. The second-order valence-corrected chi connectivity index (χ2v) is 6.25. The minimum atomic E-state index is -1.12. The first-order valence-corrected chi connectivity index (χ1v) is 9.24. The van der Waals surface area contributed by atoms with Gasteiger partial charge in [0.1, 0.15) is 0 Å². The van der Waals surface area contributed by atoms with Crippen molar-refractivity contribution in [2.75, 3.05) is 23.8 Å². The van der Waals surface area contributed by atoms with Gasteiger partial charge in [0, 0.05) is 23.5 Å². The van der Waals surface area contributed by atoms with Gasteiger partial charge in [-0.05, 0) is 24.3 Å². The highest BCUT2D eigenvalue weighted by Crippen LogP contribution is 2.24. The maximum Gasteiger partial charge on any atom is 0.341 e. The molecule has 0 saturated carbocycles. The van der Waals surface area contributed by atoms with Crippen LogP contribution in [0, 0.1) is 0 Å². The molecule has 0 spiro atoms. The molecule has 0 bridgehead atoms. The summed E-state index contributed by atoms with van der Waals surface area (Å²) in [6, 6.07) is 24.6. The SMILES string of the molecule is O=C(OC(C(=O)Nc1ccccc1)c1ccccc1)c1ccccc1NCCO. The Balaban J connectivity index is 1.84. The fraction of sp³-hybridized carbons (Fsp3) is 0.130. The van der Waals surface area contributed by atoms with Crippen LogP contribution in [-0.2, 0) is 9.53 Å². The van der Waals surface area contributed by atoms with E-state index in [0.717, 1.165) is 0 Å². The molecule has 1 amide bonds. The zero-order valence-electron chi connectivity index (χ0n) is 15.7. The van der Waals surface area contributed by atoms with Crippen molar-refractivity contribution in [3.63, 3.8) is 0 Å². The van der Waals surface area contributed by atoms with Gasteiger partial charge < -0.3 is 20.5 Å². The molecule has 1 unspecified atom stereocenters. The Hall–Kier alpha value is -3.64. The van der Waals surface area contributed by atoms with Crippen LogP contribution in [0.3, 0.4) is 0 Å². The van der Waals surface area contributed by atoms with Crippen molar-refractivity contribution < 1.29 is 19.4 Å². The van der Waals surface area contributed by atoms with E-state index < -0.39 is 18.0 Å². The number of benzene rings is 3. The summed E-state index contributed by atoms with van der Waals surface area (Å²) in [5.41, 5.74) is 1.99. The van der Waals surface area contributed by atoms with Crippen molar-refractivity contribution in [3.8, 4) is 0 Å². The van der Waals surface area contributed by atoms with E-state index in [1.165, 1.54) is 0 Å². The zero-order valence-corrected chi connectivity index (χ0v) is 15.7. The third-order valence-electron chi connectivity index (χ3n) is 4.18.